The fourth-order valence-corrected chi connectivity index (χ4v) is 3.40. The maximum atomic E-state index is 8.89. The van der Waals surface area contributed by atoms with E-state index in [0.717, 1.165) is 42.7 Å². The van der Waals surface area contributed by atoms with Crippen molar-refractivity contribution in [3.05, 3.63) is 66.7 Å². The maximum Gasteiger partial charge on any atom is 0.119 e. The molecule has 1 heterocycles. The lowest BCUT2D eigenvalue weighted by Crippen LogP contribution is -2.49. The molecule has 0 unspecified atom stereocenters. The summed E-state index contributed by atoms with van der Waals surface area (Å²) in [4.78, 5) is 0. The lowest BCUT2D eigenvalue weighted by atomic mass is 9.88. The molecule has 0 amide bonds. The highest BCUT2D eigenvalue weighted by Gasteiger charge is 2.39. The Morgan fingerprint density at radius 1 is 0.903 bits per heavy atom. The third kappa shape index (κ3) is 7.22. The number of hydrogen-bond donors (Lipinski definition) is 0. The third-order valence-corrected chi connectivity index (χ3v) is 5.27. The van der Waals surface area contributed by atoms with Gasteiger partial charge in [-0.25, -0.2) is 0 Å². The van der Waals surface area contributed by atoms with Crippen LogP contribution in [0.1, 0.15) is 24.8 Å². The van der Waals surface area contributed by atoms with E-state index in [-0.39, 0.29) is 5.41 Å². The average Bonchev–Trinajstić information content (AvgIpc) is 2.79. The van der Waals surface area contributed by atoms with Gasteiger partial charge in [0.15, 0.2) is 0 Å². The number of unbranched alkanes of at least 4 members (excludes halogenated alkanes) is 2. The Labute approximate surface area is 185 Å². The minimum Gasteiger partial charge on any atom is -0.494 e. The van der Waals surface area contributed by atoms with Gasteiger partial charge in [-0.05, 0) is 54.7 Å². The molecule has 164 valence electrons. The zero-order chi connectivity index (χ0) is 21.8. The molecule has 5 heteroatoms. The summed E-state index contributed by atoms with van der Waals surface area (Å²) < 4.78 is 22.6. The second-order valence-corrected chi connectivity index (χ2v) is 7.97. The van der Waals surface area contributed by atoms with E-state index in [0.29, 0.717) is 45.2 Å². The van der Waals surface area contributed by atoms with Crippen LogP contribution in [0.25, 0.3) is 11.1 Å². The maximum absolute atomic E-state index is 8.89. The van der Waals surface area contributed by atoms with Gasteiger partial charge in [0.25, 0.3) is 0 Å². The highest BCUT2D eigenvalue weighted by Crippen LogP contribution is 2.28. The van der Waals surface area contributed by atoms with Gasteiger partial charge in [-0.3, -0.25) is 0 Å². The van der Waals surface area contributed by atoms with E-state index in [1.54, 1.807) is 6.08 Å². The van der Waals surface area contributed by atoms with Crippen molar-refractivity contribution >= 4 is 0 Å². The zero-order valence-electron chi connectivity index (χ0n) is 18.1. The van der Waals surface area contributed by atoms with E-state index >= 15 is 0 Å². The van der Waals surface area contributed by atoms with Crippen molar-refractivity contribution in [2.24, 2.45) is 5.41 Å². The Balaban J connectivity index is 1.26. The molecule has 0 aliphatic carbocycles. The summed E-state index contributed by atoms with van der Waals surface area (Å²) >= 11 is 0. The lowest BCUT2D eigenvalue weighted by Gasteiger charge is -2.40. The SMILES string of the molecule is C=CCOCC1(COCCCCCOc2ccc(-c3ccc(C#N)cc3)cc2)COC1. The first-order valence-electron chi connectivity index (χ1n) is 10.8. The van der Waals surface area contributed by atoms with E-state index in [1.807, 2.05) is 48.5 Å². The Kier molecular flexibility index (Phi) is 9.11. The Bertz CT molecular complexity index is 835. The Hall–Kier alpha value is -2.65. The van der Waals surface area contributed by atoms with E-state index in [4.69, 9.17) is 24.2 Å². The third-order valence-electron chi connectivity index (χ3n) is 5.27. The molecule has 0 radical (unpaired) electrons. The first-order chi connectivity index (χ1) is 15.2. The molecule has 0 saturated carbocycles. The van der Waals surface area contributed by atoms with Crippen LogP contribution in [-0.2, 0) is 14.2 Å². The predicted molar refractivity (Wildman–Crippen MR) is 121 cm³/mol. The Morgan fingerprint density at radius 3 is 2.16 bits per heavy atom. The molecule has 0 aromatic heterocycles. The van der Waals surface area contributed by atoms with Crippen LogP contribution in [0.4, 0.5) is 0 Å². The van der Waals surface area contributed by atoms with E-state index in [1.165, 1.54) is 0 Å². The largest absolute Gasteiger partial charge is 0.494 e. The van der Waals surface area contributed by atoms with Crippen LogP contribution in [0, 0.1) is 16.7 Å². The van der Waals surface area contributed by atoms with Crippen LogP contribution >= 0.6 is 0 Å². The molecule has 1 aliphatic rings. The first kappa shape index (κ1) is 23.0. The highest BCUT2D eigenvalue weighted by molar-refractivity contribution is 5.64. The molecule has 3 rings (SSSR count). The van der Waals surface area contributed by atoms with Crippen LogP contribution in [0.2, 0.25) is 0 Å². The number of nitriles is 1. The van der Waals surface area contributed by atoms with Gasteiger partial charge >= 0.3 is 0 Å². The fourth-order valence-electron chi connectivity index (χ4n) is 3.40. The second kappa shape index (κ2) is 12.3. The van der Waals surface area contributed by atoms with E-state index in [2.05, 4.69) is 12.6 Å². The van der Waals surface area contributed by atoms with E-state index in [9.17, 15) is 0 Å². The molecule has 1 fully saturated rings. The van der Waals surface area contributed by atoms with Crippen molar-refractivity contribution in [3.8, 4) is 22.9 Å². The molecule has 1 aliphatic heterocycles. The van der Waals surface area contributed by atoms with Gasteiger partial charge in [0, 0.05) is 6.61 Å². The molecule has 0 spiro atoms. The van der Waals surface area contributed by atoms with Crippen molar-refractivity contribution in [1.29, 1.82) is 5.26 Å². The summed E-state index contributed by atoms with van der Waals surface area (Å²) in [5.41, 5.74) is 2.89. The molecule has 2 aromatic carbocycles. The quantitative estimate of drug-likeness (QED) is 0.317. The van der Waals surface area contributed by atoms with Crippen molar-refractivity contribution in [2.75, 3.05) is 46.2 Å². The minimum atomic E-state index is 0.0239. The summed E-state index contributed by atoms with van der Waals surface area (Å²) in [5.74, 6) is 0.875. The van der Waals surface area contributed by atoms with Crippen LogP contribution < -0.4 is 4.74 Å². The number of rotatable bonds is 14. The minimum absolute atomic E-state index is 0.0239. The summed E-state index contributed by atoms with van der Waals surface area (Å²) in [5, 5.41) is 8.89. The molecular formula is C26H31NO4. The standard InChI is InChI=1S/C26H31NO4/c1-2-14-28-18-26(20-30-21-26)19-29-15-4-3-5-16-31-25-12-10-24(11-13-25)23-8-6-22(17-27)7-9-23/h2,6-13H,1,3-5,14-16,18-21H2. The van der Waals surface area contributed by atoms with Crippen LogP contribution in [0.3, 0.4) is 0 Å². The number of hydrogen-bond acceptors (Lipinski definition) is 5. The smallest absolute Gasteiger partial charge is 0.119 e. The first-order valence-corrected chi connectivity index (χ1v) is 10.8. The molecule has 5 nitrogen and oxygen atoms in total. The summed E-state index contributed by atoms with van der Waals surface area (Å²) in [6.07, 6.45) is 4.85. The number of nitrogens with zero attached hydrogens (tertiary/aromatic N) is 1. The molecule has 0 N–H and O–H groups in total. The second-order valence-electron chi connectivity index (χ2n) is 7.97. The number of ether oxygens (including phenoxy) is 4. The predicted octanol–water partition coefficient (Wildman–Crippen LogP) is 5.01. The highest BCUT2D eigenvalue weighted by atomic mass is 16.5. The summed E-state index contributed by atoms with van der Waals surface area (Å²) in [6, 6.07) is 17.8. The molecule has 2 aromatic rings. The van der Waals surface area contributed by atoms with Gasteiger partial charge in [0.2, 0.25) is 0 Å². The van der Waals surface area contributed by atoms with Gasteiger partial charge in [0.05, 0.1) is 56.7 Å². The summed E-state index contributed by atoms with van der Waals surface area (Å²) in [7, 11) is 0. The summed E-state index contributed by atoms with van der Waals surface area (Å²) in [6.45, 7) is 8.46. The normalized spacial score (nSPS) is 14.4. The van der Waals surface area contributed by atoms with Crippen LogP contribution in [-0.4, -0.2) is 46.2 Å². The molecule has 0 bridgehead atoms. The monoisotopic (exact) mass is 421 g/mol. The van der Waals surface area contributed by atoms with Crippen molar-refractivity contribution in [1.82, 2.24) is 0 Å². The molecular weight excluding hydrogens is 390 g/mol. The van der Waals surface area contributed by atoms with Gasteiger partial charge < -0.3 is 18.9 Å². The molecule has 1 saturated heterocycles. The van der Waals surface area contributed by atoms with Gasteiger partial charge in [-0.2, -0.15) is 5.26 Å². The van der Waals surface area contributed by atoms with Gasteiger partial charge in [-0.15, -0.1) is 6.58 Å². The number of benzene rings is 2. The molecule has 0 atom stereocenters. The molecule has 31 heavy (non-hydrogen) atoms. The van der Waals surface area contributed by atoms with Crippen LogP contribution in [0.5, 0.6) is 5.75 Å². The fraction of sp³-hybridized carbons (Fsp3) is 0.423. The lowest BCUT2D eigenvalue weighted by molar-refractivity contribution is -0.176. The van der Waals surface area contributed by atoms with Crippen LogP contribution in [0.15, 0.2) is 61.2 Å². The zero-order valence-corrected chi connectivity index (χ0v) is 18.1. The van der Waals surface area contributed by atoms with Gasteiger partial charge in [0.1, 0.15) is 5.75 Å². The van der Waals surface area contributed by atoms with E-state index < -0.39 is 0 Å². The Morgan fingerprint density at radius 2 is 1.55 bits per heavy atom. The average molecular weight is 422 g/mol. The van der Waals surface area contributed by atoms with Crippen molar-refractivity contribution in [3.63, 3.8) is 0 Å². The van der Waals surface area contributed by atoms with Crippen molar-refractivity contribution in [2.45, 2.75) is 19.3 Å². The topological polar surface area (TPSA) is 60.7 Å². The van der Waals surface area contributed by atoms with Crippen molar-refractivity contribution < 1.29 is 18.9 Å². The van der Waals surface area contributed by atoms with Gasteiger partial charge in [-0.1, -0.05) is 30.3 Å².